The molecule has 2 atom stereocenters. The quantitative estimate of drug-likeness (QED) is 0.850. The lowest BCUT2D eigenvalue weighted by atomic mass is 10.0. The number of aryl methyl sites for hydroxylation is 2. The summed E-state index contributed by atoms with van der Waals surface area (Å²) in [4.78, 5) is 4.93. The predicted molar refractivity (Wildman–Crippen MR) is 94.5 cm³/mol. The first-order chi connectivity index (χ1) is 9.88. The zero-order chi connectivity index (χ0) is 15.6. The lowest BCUT2D eigenvalue weighted by molar-refractivity contribution is 0.494. The van der Waals surface area contributed by atoms with Crippen LogP contribution in [-0.4, -0.2) is 14.1 Å². The Morgan fingerprint density at radius 2 is 1.62 bits per heavy atom. The Hall–Kier alpha value is -1.32. The van der Waals surface area contributed by atoms with Gasteiger partial charge in [-0.25, -0.2) is 0 Å². The molecule has 1 N–H and O–H groups in total. The van der Waals surface area contributed by atoms with Gasteiger partial charge < -0.3 is 10.2 Å². The van der Waals surface area contributed by atoms with Gasteiger partial charge >= 0.3 is 0 Å². The second kappa shape index (κ2) is 6.63. The van der Waals surface area contributed by atoms with Crippen LogP contribution in [0.15, 0.2) is 30.3 Å². The third kappa shape index (κ3) is 3.86. The summed E-state index contributed by atoms with van der Waals surface area (Å²) in [6.45, 7) is 8.87. The van der Waals surface area contributed by atoms with Crippen molar-refractivity contribution in [3.63, 3.8) is 0 Å². The van der Waals surface area contributed by atoms with E-state index in [1.807, 2.05) is 11.3 Å². The summed E-state index contributed by atoms with van der Waals surface area (Å²) in [7, 11) is 4.14. The van der Waals surface area contributed by atoms with Gasteiger partial charge in [-0.1, -0.05) is 12.1 Å². The minimum atomic E-state index is 0.343. The van der Waals surface area contributed by atoms with Crippen molar-refractivity contribution in [3.05, 3.63) is 51.2 Å². The molecule has 2 aromatic rings. The molecule has 1 heterocycles. The molecule has 0 saturated heterocycles. The van der Waals surface area contributed by atoms with Crippen LogP contribution in [0.1, 0.15) is 46.8 Å². The van der Waals surface area contributed by atoms with Crippen LogP contribution in [-0.2, 0) is 0 Å². The maximum absolute atomic E-state index is 3.71. The topological polar surface area (TPSA) is 15.3 Å². The van der Waals surface area contributed by atoms with Gasteiger partial charge in [-0.3, -0.25) is 0 Å². The van der Waals surface area contributed by atoms with Crippen molar-refractivity contribution in [2.75, 3.05) is 19.0 Å². The van der Waals surface area contributed by atoms with Crippen molar-refractivity contribution in [3.8, 4) is 0 Å². The minimum absolute atomic E-state index is 0.343. The summed E-state index contributed by atoms with van der Waals surface area (Å²) in [5, 5.41) is 3.71. The highest BCUT2D eigenvalue weighted by atomic mass is 32.1. The fourth-order valence-corrected chi connectivity index (χ4v) is 3.72. The highest BCUT2D eigenvalue weighted by Crippen LogP contribution is 2.28. The third-order valence-electron chi connectivity index (χ3n) is 3.96. The van der Waals surface area contributed by atoms with Crippen molar-refractivity contribution < 1.29 is 0 Å². The molecule has 0 spiro atoms. The first kappa shape index (κ1) is 16.1. The standard InChI is InChI=1S/C18H26N2S/c1-12-11-18(15(4)21-12)14(3)19-13(2)16-7-9-17(10-8-16)20(5)6/h7-11,13-14,19H,1-6H3. The number of anilines is 1. The fraction of sp³-hybridized carbons (Fsp3) is 0.444. The van der Waals surface area contributed by atoms with Crippen molar-refractivity contribution in [2.24, 2.45) is 0 Å². The molecule has 0 fully saturated rings. The summed E-state index contributed by atoms with van der Waals surface area (Å²) in [6, 6.07) is 11.8. The van der Waals surface area contributed by atoms with Gasteiger partial charge in [0.1, 0.15) is 0 Å². The summed E-state index contributed by atoms with van der Waals surface area (Å²) in [5.74, 6) is 0. The molecule has 2 unspecified atom stereocenters. The Kier molecular flexibility index (Phi) is 5.07. The number of thiophene rings is 1. The molecule has 114 valence electrons. The molecule has 0 aliphatic heterocycles. The van der Waals surface area contributed by atoms with Crippen LogP contribution in [0.25, 0.3) is 0 Å². The molecule has 2 nitrogen and oxygen atoms in total. The first-order valence-corrected chi connectivity index (χ1v) is 8.30. The molecular formula is C18H26N2S. The molecule has 0 radical (unpaired) electrons. The fourth-order valence-electron chi connectivity index (χ4n) is 2.70. The molecular weight excluding hydrogens is 276 g/mol. The number of benzene rings is 1. The molecule has 21 heavy (non-hydrogen) atoms. The maximum Gasteiger partial charge on any atom is 0.0361 e. The van der Waals surface area contributed by atoms with Gasteiger partial charge in [0.05, 0.1) is 0 Å². The lowest BCUT2D eigenvalue weighted by Gasteiger charge is -2.21. The van der Waals surface area contributed by atoms with E-state index in [4.69, 9.17) is 0 Å². The zero-order valence-electron chi connectivity index (χ0n) is 13.9. The van der Waals surface area contributed by atoms with Gasteiger partial charge in [0, 0.05) is 41.6 Å². The van der Waals surface area contributed by atoms with E-state index in [0.717, 1.165) is 0 Å². The summed E-state index contributed by atoms with van der Waals surface area (Å²) >= 11 is 1.88. The molecule has 0 bridgehead atoms. The molecule has 3 heteroatoms. The van der Waals surface area contributed by atoms with Gasteiger partial charge in [-0.2, -0.15) is 0 Å². The van der Waals surface area contributed by atoms with Crippen LogP contribution in [0.5, 0.6) is 0 Å². The van der Waals surface area contributed by atoms with Crippen LogP contribution in [0.3, 0.4) is 0 Å². The Bertz CT molecular complexity index is 584. The van der Waals surface area contributed by atoms with E-state index < -0.39 is 0 Å². The Morgan fingerprint density at radius 3 is 2.10 bits per heavy atom. The third-order valence-corrected chi connectivity index (χ3v) is 4.94. The normalized spacial score (nSPS) is 14.0. The number of rotatable bonds is 5. The van der Waals surface area contributed by atoms with Crippen LogP contribution in [0.4, 0.5) is 5.69 Å². The SMILES string of the molecule is Cc1cc(C(C)NC(C)c2ccc(N(C)C)cc2)c(C)s1. The zero-order valence-corrected chi connectivity index (χ0v) is 14.7. The molecule has 0 amide bonds. The van der Waals surface area contributed by atoms with Gasteiger partial charge in [-0.05, 0) is 57.0 Å². The smallest absolute Gasteiger partial charge is 0.0361 e. The van der Waals surface area contributed by atoms with Crippen molar-refractivity contribution in [1.82, 2.24) is 5.32 Å². The van der Waals surface area contributed by atoms with Crippen LogP contribution in [0.2, 0.25) is 0 Å². The van der Waals surface area contributed by atoms with E-state index in [0.29, 0.717) is 12.1 Å². The second-order valence-corrected chi connectivity index (χ2v) is 7.43. The predicted octanol–water partition coefficient (Wildman–Crippen LogP) is 4.84. The van der Waals surface area contributed by atoms with Crippen LogP contribution < -0.4 is 10.2 Å². The van der Waals surface area contributed by atoms with E-state index in [2.05, 4.69) is 82.3 Å². The molecule has 0 aliphatic carbocycles. The number of nitrogens with zero attached hydrogens (tertiary/aromatic N) is 1. The maximum atomic E-state index is 3.71. The van der Waals surface area contributed by atoms with E-state index in [-0.39, 0.29) is 0 Å². The van der Waals surface area contributed by atoms with Gasteiger partial charge in [0.25, 0.3) is 0 Å². The van der Waals surface area contributed by atoms with E-state index in [1.165, 1.54) is 26.6 Å². The lowest BCUT2D eigenvalue weighted by Crippen LogP contribution is -2.22. The summed E-state index contributed by atoms with van der Waals surface area (Å²) < 4.78 is 0. The Labute approximate surface area is 132 Å². The largest absolute Gasteiger partial charge is 0.378 e. The highest BCUT2D eigenvalue weighted by Gasteiger charge is 2.14. The van der Waals surface area contributed by atoms with Gasteiger partial charge in [-0.15, -0.1) is 11.3 Å². The first-order valence-electron chi connectivity index (χ1n) is 7.48. The second-order valence-electron chi connectivity index (χ2n) is 5.96. The molecule has 0 aliphatic rings. The monoisotopic (exact) mass is 302 g/mol. The minimum Gasteiger partial charge on any atom is -0.378 e. The van der Waals surface area contributed by atoms with E-state index >= 15 is 0 Å². The average Bonchev–Trinajstić information content (AvgIpc) is 2.77. The number of hydrogen-bond donors (Lipinski definition) is 1. The van der Waals surface area contributed by atoms with E-state index in [1.54, 1.807) is 0 Å². The average molecular weight is 302 g/mol. The molecule has 1 aromatic carbocycles. The van der Waals surface area contributed by atoms with Crippen molar-refractivity contribution in [2.45, 2.75) is 39.8 Å². The van der Waals surface area contributed by atoms with Crippen LogP contribution >= 0.6 is 11.3 Å². The highest BCUT2D eigenvalue weighted by molar-refractivity contribution is 7.12. The van der Waals surface area contributed by atoms with Gasteiger partial charge in [0.2, 0.25) is 0 Å². The molecule has 0 saturated carbocycles. The molecule has 1 aromatic heterocycles. The van der Waals surface area contributed by atoms with Gasteiger partial charge in [0.15, 0.2) is 0 Å². The Balaban J connectivity index is 2.06. The van der Waals surface area contributed by atoms with Crippen LogP contribution in [0, 0.1) is 13.8 Å². The Morgan fingerprint density at radius 1 is 1.00 bits per heavy atom. The van der Waals surface area contributed by atoms with Crippen molar-refractivity contribution in [1.29, 1.82) is 0 Å². The number of hydrogen-bond acceptors (Lipinski definition) is 3. The molecule has 2 rings (SSSR count). The van der Waals surface area contributed by atoms with Crippen molar-refractivity contribution >= 4 is 17.0 Å². The summed E-state index contributed by atoms with van der Waals surface area (Å²) in [5.41, 5.74) is 4.00. The summed E-state index contributed by atoms with van der Waals surface area (Å²) in [6.07, 6.45) is 0. The number of nitrogens with one attached hydrogen (secondary N) is 1. The van der Waals surface area contributed by atoms with E-state index in [9.17, 15) is 0 Å².